The van der Waals surface area contributed by atoms with Gasteiger partial charge in [-0.05, 0) is 31.9 Å². The number of hydrogen-bond acceptors (Lipinski definition) is 5. The highest BCUT2D eigenvalue weighted by Gasteiger charge is 2.27. The maximum absolute atomic E-state index is 12.4. The number of aryl methyl sites for hydroxylation is 1. The summed E-state index contributed by atoms with van der Waals surface area (Å²) in [6.07, 6.45) is 5.82. The number of carbonyl (C=O) groups excluding carboxylic acids is 2. The van der Waals surface area contributed by atoms with E-state index in [1.165, 1.54) is 0 Å². The van der Waals surface area contributed by atoms with Crippen LogP contribution in [-0.4, -0.2) is 33.1 Å². The Labute approximate surface area is 134 Å². The van der Waals surface area contributed by atoms with Crippen LogP contribution in [0.25, 0.3) is 11.3 Å². The first-order chi connectivity index (χ1) is 11.2. The lowest BCUT2D eigenvalue weighted by molar-refractivity contribution is -0.143. The van der Waals surface area contributed by atoms with E-state index < -0.39 is 0 Å². The van der Waals surface area contributed by atoms with E-state index in [9.17, 15) is 9.59 Å². The molecule has 1 aliphatic rings. The molecule has 0 aliphatic heterocycles. The Kier molecular flexibility index (Phi) is 4.50. The van der Waals surface area contributed by atoms with Gasteiger partial charge in [-0.3, -0.25) is 19.3 Å². The molecule has 0 unspecified atom stereocenters. The molecule has 6 heteroatoms. The number of nitrogens with zero attached hydrogens (tertiary/aromatic N) is 3. The largest absolute Gasteiger partial charge is 0.466 e. The monoisotopic (exact) mass is 313 g/mol. The molecular weight excluding hydrogens is 294 g/mol. The predicted molar refractivity (Wildman–Crippen MR) is 84.0 cm³/mol. The van der Waals surface area contributed by atoms with Gasteiger partial charge >= 0.3 is 5.97 Å². The Hall–Kier alpha value is -2.50. The summed E-state index contributed by atoms with van der Waals surface area (Å²) in [5.74, 6) is -0.130. The molecule has 6 nitrogen and oxygen atoms in total. The van der Waals surface area contributed by atoms with Gasteiger partial charge in [-0.2, -0.15) is 5.10 Å². The molecule has 0 aromatic carbocycles. The van der Waals surface area contributed by atoms with Crippen molar-refractivity contribution in [2.75, 3.05) is 6.61 Å². The number of ketones is 1. The van der Waals surface area contributed by atoms with Crippen LogP contribution in [0.4, 0.5) is 0 Å². The van der Waals surface area contributed by atoms with Crippen molar-refractivity contribution < 1.29 is 14.3 Å². The van der Waals surface area contributed by atoms with Crippen molar-refractivity contribution in [3.8, 4) is 11.3 Å². The van der Waals surface area contributed by atoms with Crippen LogP contribution in [0.5, 0.6) is 0 Å². The molecule has 0 fully saturated rings. The van der Waals surface area contributed by atoms with Crippen molar-refractivity contribution in [1.29, 1.82) is 0 Å². The topological polar surface area (TPSA) is 74.1 Å². The van der Waals surface area contributed by atoms with Gasteiger partial charge in [0.1, 0.15) is 5.69 Å². The van der Waals surface area contributed by atoms with Gasteiger partial charge in [-0.15, -0.1) is 0 Å². The van der Waals surface area contributed by atoms with Crippen LogP contribution in [0, 0.1) is 0 Å². The molecule has 2 heterocycles. The molecule has 0 saturated carbocycles. The molecule has 0 N–H and O–H groups in total. The molecule has 0 amide bonds. The lowest BCUT2D eigenvalue weighted by Gasteiger charge is -2.13. The second-order valence-corrected chi connectivity index (χ2v) is 5.47. The van der Waals surface area contributed by atoms with E-state index in [0.29, 0.717) is 30.8 Å². The van der Waals surface area contributed by atoms with Crippen molar-refractivity contribution in [2.45, 2.75) is 39.2 Å². The highest BCUT2D eigenvalue weighted by atomic mass is 16.5. The van der Waals surface area contributed by atoms with E-state index in [1.54, 1.807) is 24.0 Å². The quantitative estimate of drug-likeness (QED) is 0.793. The summed E-state index contributed by atoms with van der Waals surface area (Å²) >= 11 is 0. The van der Waals surface area contributed by atoms with Gasteiger partial charge in [0.25, 0.3) is 0 Å². The average Bonchev–Trinajstić information content (AvgIpc) is 2.94. The van der Waals surface area contributed by atoms with Crippen molar-refractivity contribution in [2.24, 2.45) is 0 Å². The van der Waals surface area contributed by atoms with Gasteiger partial charge in [0.2, 0.25) is 0 Å². The first-order valence-electron chi connectivity index (χ1n) is 7.89. The van der Waals surface area contributed by atoms with E-state index in [1.807, 2.05) is 12.1 Å². The molecule has 3 rings (SSSR count). The summed E-state index contributed by atoms with van der Waals surface area (Å²) in [5, 5.41) is 4.59. The van der Waals surface area contributed by atoms with Crippen molar-refractivity contribution in [3.05, 3.63) is 35.8 Å². The van der Waals surface area contributed by atoms with Gasteiger partial charge in [0.15, 0.2) is 5.78 Å². The summed E-state index contributed by atoms with van der Waals surface area (Å²) < 4.78 is 6.75. The Morgan fingerprint density at radius 2 is 2.26 bits per heavy atom. The van der Waals surface area contributed by atoms with Gasteiger partial charge in [0, 0.05) is 30.1 Å². The number of rotatable bonds is 5. The SMILES string of the molecule is CCOC(=O)CCn1nc(-c2cccnc2)c2c1CCCC2=O. The number of carbonyl (C=O) groups is 2. The molecule has 1 aliphatic carbocycles. The van der Waals surface area contributed by atoms with Gasteiger partial charge < -0.3 is 4.74 Å². The molecule has 120 valence electrons. The molecule has 0 radical (unpaired) electrons. The van der Waals surface area contributed by atoms with Gasteiger partial charge in [0.05, 0.1) is 25.1 Å². The second-order valence-electron chi connectivity index (χ2n) is 5.47. The third-order valence-electron chi connectivity index (χ3n) is 3.92. The minimum atomic E-state index is -0.248. The number of hydrogen-bond donors (Lipinski definition) is 0. The number of pyridine rings is 1. The number of Topliss-reactive ketones (excluding diaryl/α,β-unsaturated/α-hetero) is 1. The minimum Gasteiger partial charge on any atom is -0.466 e. The summed E-state index contributed by atoms with van der Waals surface area (Å²) in [6.45, 7) is 2.58. The van der Waals surface area contributed by atoms with Crippen LogP contribution in [-0.2, 0) is 22.5 Å². The van der Waals surface area contributed by atoms with Crippen LogP contribution in [0.2, 0.25) is 0 Å². The van der Waals surface area contributed by atoms with Crippen LogP contribution in [0.1, 0.15) is 42.2 Å². The molecule has 0 atom stereocenters. The molecule has 2 aromatic heterocycles. The average molecular weight is 313 g/mol. The van der Waals surface area contributed by atoms with Crippen molar-refractivity contribution >= 4 is 11.8 Å². The molecule has 0 spiro atoms. The number of ether oxygens (including phenoxy) is 1. The lowest BCUT2D eigenvalue weighted by Crippen LogP contribution is -2.16. The fourth-order valence-corrected chi connectivity index (χ4v) is 2.91. The van der Waals surface area contributed by atoms with E-state index in [2.05, 4.69) is 10.1 Å². The predicted octanol–water partition coefficient (Wildman–Crippen LogP) is 2.42. The summed E-state index contributed by atoms with van der Waals surface area (Å²) in [6, 6.07) is 3.72. The maximum atomic E-state index is 12.4. The third-order valence-corrected chi connectivity index (χ3v) is 3.92. The van der Waals surface area contributed by atoms with Crippen molar-refractivity contribution in [1.82, 2.24) is 14.8 Å². The zero-order valence-electron chi connectivity index (χ0n) is 13.1. The molecular formula is C17H19N3O3. The van der Waals surface area contributed by atoms with Crippen LogP contribution in [0.3, 0.4) is 0 Å². The summed E-state index contributed by atoms with van der Waals surface area (Å²) in [4.78, 5) is 28.1. The smallest absolute Gasteiger partial charge is 0.307 e. The summed E-state index contributed by atoms with van der Waals surface area (Å²) in [5.41, 5.74) is 3.10. The normalized spacial score (nSPS) is 13.7. The van der Waals surface area contributed by atoms with E-state index in [-0.39, 0.29) is 18.2 Å². The Morgan fingerprint density at radius 1 is 1.39 bits per heavy atom. The first kappa shape index (κ1) is 15.4. The molecule has 2 aromatic rings. The Morgan fingerprint density at radius 3 is 3.00 bits per heavy atom. The Bertz CT molecular complexity index is 722. The van der Waals surface area contributed by atoms with Crippen LogP contribution < -0.4 is 0 Å². The highest BCUT2D eigenvalue weighted by Crippen LogP contribution is 2.31. The van der Waals surface area contributed by atoms with Crippen LogP contribution >= 0.6 is 0 Å². The second kappa shape index (κ2) is 6.73. The van der Waals surface area contributed by atoms with Gasteiger partial charge in [-0.1, -0.05) is 0 Å². The fourth-order valence-electron chi connectivity index (χ4n) is 2.91. The number of fused-ring (bicyclic) bond motifs is 1. The third kappa shape index (κ3) is 3.16. The van der Waals surface area contributed by atoms with Crippen molar-refractivity contribution in [3.63, 3.8) is 0 Å². The highest BCUT2D eigenvalue weighted by molar-refractivity contribution is 6.03. The zero-order valence-corrected chi connectivity index (χ0v) is 13.1. The molecule has 0 saturated heterocycles. The summed E-state index contributed by atoms with van der Waals surface area (Å²) in [7, 11) is 0. The Balaban J connectivity index is 1.95. The molecule has 0 bridgehead atoms. The number of aromatic nitrogens is 3. The van der Waals surface area contributed by atoms with E-state index in [4.69, 9.17) is 4.74 Å². The zero-order chi connectivity index (χ0) is 16.2. The van der Waals surface area contributed by atoms with Crippen LogP contribution in [0.15, 0.2) is 24.5 Å². The van der Waals surface area contributed by atoms with E-state index >= 15 is 0 Å². The maximum Gasteiger partial charge on any atom is 0.307 e. The van der Waals surface area contributed by atoms with E-state index in [0.717, 1.165) is 24.1 Å². The number of esters is 1. The first-order valence-corrected chi connectivity index (χ1v) is 7.89. The lowest BCUT2D eigenvalue weighted by atomic mass is 9.92. The minimum absolute atomic E-state index is 0.118. The standard InChI is InChI=1S/C17H19N3O3/c1-2-23-15(22)8-10-20-13-6-3-7-14(21)16(13)17(19-20)12-5-4-9-18-11-12/h4-5,9,11H,2-3,6-8,10H2,1H3. The fraction of sp³-hybridized carbons (Fsp3) is 0.412. The molecule has 23 heavy (non-hydrogen) atoms. The van der Waals surface area contributed by atoms with Gasteiger partial charge in [-0.25, -0.2) is 0 Å².